The number of nitrogens with one attached hydrogen (secondary N) is 1. The van der Waals surface area contributed by atoms with Gasteiger partial charge in [0, 0.05) is 25.6 Å². The second kappa shape index (κ2) is 5.98. The van der Waals surface area contributed by atoms with Crippen LogP contribution in [0, 0.1) is 0 Å². The van der Waals surface area contributed by atoms with Crippen LogP contribution in [-0.4, -0.2) is 31.2 Å². The first kappa shape index (κ1) is 13.4. The van der Waals surface area contributed by atoms with Crippen LogP contribution in [0.15, 0.2) is 0 Å². The fourth-order valence-electron chi connectivity index (χ4n) is 0.867. The Labute approximate surface area is 86.2 Å². The molecule has 1 atom stereocenters. The maximum Gasteiger partial charge on any atom is 0.220 e. The van der Waals surface area contributed by atoms with Crippen LogP contribution in [0.3, 0.4) is 0 Å². The van der Waals surface area contributed by atoms with E-state index in [4.69, 9.17) is 10.5 Å². The second-order valence-corrected chi connectivity index (χ2v) is 4.35. The molecule has 0 aliphatic carbocycles. The molecule has 0 saturated heterocycles. The maximum atomic E-state index is 11.3. The zero-order valence-corrected chi connectivity index (χ0v) is 9.59. The van der Waals surface area contributed by atoms with Crippen molar-refractivity contribution < 1.29 is 9.53 Å². The van der Waals surface area contributed by atoms with Gasteiger partial charge in [-0.3, -0.25) is 4.79 Å². The van der Waals surface area contributed by atoms with Crippen molar-refractivity contribution in [2.24, 2.45) is 5.73 Å². The SMILES string of the molecule is COC(C)CCC(=O)NCC(C)(C)N. The van der Waals surface area contributed by atoms with Crippen molar-refractivity contribution in [3.05, 3.63) is 0 Å². The van der Waals surface area contributed by atoms with E-state index in [0.29, 0.717) is 13.0 Å². The van der Waals surface area contributed by atoms with E-state index in [-0.39, 0.29) is 17.6 Å². The smallest absolute Gasteiger partial charge is 0.220 e. The molecule has 84 valence electrons. The van der Waals surface area contributed by atoms with E-state index in [1.54, 1.807) is 7.11 Å². The van der Waals surface area contributed by atoms with Gasteiger partial charge in [-0.2, -0.15) is 0 Å². The molecule has 0 rings (SSSR count). The Morgan fingerprint density at radius 2 is 2.14 bits per heavy atom. The molecular formula is C10H22N2O2. The topological polar surface area (TPSA) is 64.3 Å². The molecule has 4 heteroatoms. The minimum absolute atomic E-state index is 0.0347. The maximum absolute atomic E-state index is 11.3. The summed E-state index contributed by atoms with van der Waals surface area (Å²) >= 11 is 0. The van der Waals surface area contributed by atoms with Crippen molar-refractivity contribution in [2.45, 2.75) is 45.3 Å². The standard InChI is InChI=1S/C10H22N2O2/c1-8(14-4)5-6-9(13)12-7-10(2,3)11/h8H,5-7,11H2,1-4H3,(H,12,13). The van der Waals surface area contributed by atoms with Gasteiger partial charge in [-0.1, -0.05) is 0 Å². The van der Waals surface area contributed by atoms with Gasteiger partial charge in [-0.15, -0.1) is 0 Å². The van der Waals surface area contributed by atoms with Crippen LogP contribution < -0.4 is 11.1 Å². The van der Waals surface area contributed by atoms with Crippen LogP contribution >= 0.6 is 0 Å². The van der Waals surface area contributed by atoms with Gasteiger partial charge in [0.2, 0.25) is 5.91 Å². The number of hydrogen-bond acceptors (Lipinski definition) is 3. The third-order valence-corrected chi connectivity index (χ3v) is 1.92. The minimum atomic E-state index is -0.345. The summed E-state index contributed by atoms with van der Waals surface area (Å²) in [6.07, 6.45) is 1.37. The molecule has 0 aliphatic rings. The van der Waals surface area contributed by atoms with Crippen molar-refractivity contribution in [2.75, 3.05) is 13.7 Å². The van der Waals surface area contributed by atoms with Gasteiger partial charge in [0.25, 0.3) is 0 Å². The van der Waals surface area contributed by atoms with E-state index < -0.39 is 0 Å². The summed E-state index contributed by atoms with van der Waals surface area (Å²) in [5.74, 6) is 0.0347. The van der Waals surface area contributed by atoms with Crippen LogP contribution in [0.4, 0.5) is 0 Å². The third kappa shape index (κ3) is 8.01. The predicted molar refractivity (Wildman–Crippen MR) is 57.0 cm³/mol. The molecule has 0 aromatic heterocycles. The van der Waals surface area contributed by atoms with Gasteiger partial charge >= 0.3 is 0 Å². The molecule has 1 unspecified atom stereocenters. The summed E-state index contributed by atoms with van der Waals surface area (Å²) in [6, 6.07) is 0. The first-order chi connectivity index (χ1) is 6.35. The first-order valence-corrected chi connectivity index (χ1v) is 4.93. The number of methoxy groups -OCH3 is 1. The molecule has 0 aliphatic heterocycles. The van der Waals surface area contributed by atoms with Crippen LogP contribution in [0.1, 0.15) is 33.6 Å². The van der Waals surface area contributed by atoms with Crippen molar-refractivity contribution in [1.29, 1.82) is 0 Å². The molecule has 0 spiro atoms. The number of carbonyl (C=O) groups is 1. The monoisotopic (exact) mass is 202 g/mol. The summed E-state index contributed by atoms with van der Waals surface area (Å²) in [6.45, 7) is 6.21. The van der Waals surface area contributed by atoms with Crippen molar-refractivity contribution >= 4 is 5.91 Å². The molecule has 0 heterocycles. The first-order valence-electron chi connectivity index (χ1n) is 4.93. The molecule has 1 amide bonds. The molecule has 14 heavy (non-hydrogen) atoms. The van der Waals surface area contributed by atoms with Crippen LogP contribution in [0.25, 0.3) is 0 Å². The molecule has 0 aromatic rings. The lowest BCUT2D eigenvalue weighted by Crippen LogP contribution is -2.45. The fourth-order valence-corrected chi connectivity index (χ4v) is 0.867. The Hall–Kier alpha value is -0.610. The largest absolute Gasteiger partial charge is 0.382 e. The average molecular weight is 202 g/mol. The van der Waals surface area contributed by atoms with E-state index in [2.05, 4.69) is 5.32 Å². The Morgan fingerprint density at radius 3 is 2.57 bits per heavy atom. The quantitative estimate of drug-likeness (QED) is 0.665. The summed E-state index contributed by atoms with van der Waals surface area (Å²) in [7, 11) is 1.64. The molecule has 0 radical (unpaired) electrons. The molecular weight excluding hydrogens is 180 g/mol. The number of carbonyl (C=O) groups excluding carboxylic acids is 1. The molecule has 0 fully saturated rings. The van der Waals surface area contributed by atoms with E-state index in [1.165, 1.54) is 0 Å². The van der Waals surface area contributed by atoms with Gasteiger partial charge in [-0.05, 0) is 27.2 Å². The molecule has 0 saturated carbocycles. The van der Waals surface area contributed by atoms with Crippen molar-refractivity contribution in [3.63, 3.8) is 0 Å². The summed E-state index contributed by atoms with van der Waals surface area (Å²) in [5, 5.41) is 2.78. The minimum Gasteiger partial charge on any atom is -0.382 e. The number of hydrogen-bond donors (Lipinski definition) is 2. The third-order valence-electron chi connectivity index (χ3n) is 1.92. The summed E-state index contributed by atoms with van der Waals surface area (Å²) in [4.78, 5) is 11.3. The highest BCUT2D eigenvalue weighted by atomic mass is 16.5. The predicted octanol–water partition coefficient (Wildman–Crippen LogP) is 0.655. The Bertz CT molecular complexity index is 175. The fraction of sp³-hybridized carbons (Fsp3) is 0.900. The zero-order chi connectivity index (χ0) is 11.2. The number of ether oxygens (including phenoxy) is 1. The van der Waals surface area contributed by atoms with Gasteiger partial charge in [0.1, 0.15) is 0 Å². The lowest BCUT2D eigenvalue weighted by atomic mass is 10.1. The summed E-state index contributed by atoms with van der Waals surface area (Å²) in [5.41, 5.74) is 5.38. The van der Waals surface area contributed by atoms with Crippen LogP contribution in [-0.2, 0) is 9.53 Å². The molecule has 3 N–H and O–H groups in total. The Kier molecular flexibility index (Phi) is 5.72. The number of amides is 1. The Morgan fingerprint density at radius 1 is 1.57 bits per heavy atom. The van der Waals surface area contributed by atoms with Gasteiger partial charge in [0.15, 0.2) is 0 Å². The second-order valence-electron chi connectivity index (χ2n) is 4.35. The highest BCUT2D eigenvalue weighted by Gasteiger charge is 2.12. The van der Waals surface area contributed by atoms with Crippen molar-refractivity contribution in [3.8, 4) is 0 Å². The highest BCUT2D eigenvalue weighted by molar-refractivity contribution is 5.75. The average Bonchev–Trinajstić information content (AvgIpc) is 2.09. The molecule has 0 aromatic carbocycles. The Balaban J connectivity index is 3.57. The van der Waals surface area contributed by atoms with Crippen molar-refractivity contribution in [1.82, 2.24) is 5.32 Å². The number of nitrogens with two attached hydrogens (primary N) is 1. The van der Waals surface area contributed by atoms with Gasteiger partial charge in [-0.25, -0.2) is 0 Å². The van der Waals surface area contributed by atoms with Crippen LogP contribution in [0.5, 0.6) is 0 Å². The lowest BCUT2D eigenvalue weighted by molar-refractivity contribution is -0.121. The number of rotatable bonds is 6. The normalized spacial score (nSPS) is 13.8. The zero-order valence-electron chi connectivity index (χ0n) is 9.59. The van der Waals surface area contributed by atoms with E-state index in [1.807, 2.05) is 20.8 Å². The molecule has 4 nitrogen and oxygen atoms in total. The highest BCUT2D eigenvalue weighted by Crippen LogP contribution is 2.00. The van der Waals surface area contributed by atoms with E-state index in [0.717, 1.165) is 6.42 Å². The summed E-state index contributed by atoms with van der Waals surface area (Å²) < 4.78 is 5.04. The van der Waals surface area contributed by atoms with E-state index in [9.17, 15) is 4.79 Å². The van der Waals surface area contributed by atoms with E-state index >= 15 is 0 Å². The molecule has 0 bridgehead atoms. The van der Waals surface area contributed by atoms with Gasteiger partial charge < -0.3 is 15.8 Å². The van der Waals surface area contributed by atoms with Gasteiger partial charge in [0.05, 0.1) is 6.10 Å². The van der Waals surface area contributed by atoms with Crippen LogP contribution in [0.2, 0.25) is 0 Å². The lowest BCUT2D eigenvalue weighted by Gasteiger charge is -2.19.